The topological polar surface area (TPSA) is 102 Å². The third-order valence-corrected chi connectivity index (χ3v) is 3.33. The predicted octanol–water partition coefficient (Wildman–Crippen LogP) is 2.30. The number of para-hydroxylation sites is 2. The van der Waals surface area contributed by atoms with Gasteiger partial charge in [0.15, 0.2) is 17.6 Å². The Morgan fingerprint density at radius 3 is 2.40 bits per heavy atom. The number of hydrogen-bond donors (Lipinski definition) is 2. The lowest BCUT2D eigenvalue weighted by Gasteiger charge is -2.23. The number of Topliss-reactive ketones (excluding diaryl/α,β-unsaturated/α-hetero) is 1. The number of esters is 1. The Morgan fingerprint density at radius 2 is 1.80 bits per heavy atom. The summed E-state index contributed by atoms with van der Waals surface area (Å²) in [7, 11) is 1.52. The summed E-state index contributed by atoms with van der Waals surface area (Å²) in [4.78, 5) is 22.6. The van der Waals surface area contributed by atoms with Crippen LogP contribution in [-0.4, -0.2) is 41.8 Å². The smallest absolute Gasteiger partial charge is 0.303 e. The van der Waals surface area contributed by atoms with Crippen molar-refractivity contribution in [2.45, 2.75) is 13.0 Å². The lowest BCUT2D eigenvalue weighted by atomic mass is 10.0. The highest BCUT2D eigenvalue weighted by Gasteiger charge is 2.33. The first-order valence-corrected chi connectivity index (χ1v) is 7.42. The molecule has 3 rings (SSSR count). The summed E-state index contributed by atoms with van der Waals surface area (Å²) in [5.74, 6) is -0.152. The summed E-state index contributed by atoms with van der Waals surface area (Å²) < 4.78 is 14.8. The molecular formula is C18H18O7. The number of carbonyl (C=O) groups is 2. The maximum atomic E-state index is 11.9. The normalized spacial score (nSPS) is 15.1. The number of hydrogen-bond acceptors (Lipinski definition) is 7. The fraction of sp³-hybridized carbons (Fsp3) is 0.222. The van der Waals surface area contributed by atoms with Gasteiger partial charge in [-0.3, -0.25) is 9.59 Å². The molecular weight excluding hydrogens is 328 g/mol. The van der Waals surface area contributed by atoms with Gasteiger partial charge in [0, 0.05) is 6.92 Å². The summed E-state index contributed by atoms with van der Waals surface area (Å²) in [6.07, 6.45) is -0.974. The predicted molar refractivity (Wildman–Crippen MR) is 88.1 cm³/mol. The van der Waals surface area contributed by atoms with Gasteiger partial charge in [-0.15, -0.1) is 0 Å². The van der Waals surface area contributed by atoms with Crippen molar-refractivity contribution in [3.05, 3.63) is 48.0 Å². The first-order valence-electron chi connectivity index (χ1n) is 7.42. The molecule has 0 saturated carbocycles. The first kappa shape index (κ1) is 18.1. The second-order valence-electron chi connectivity index (χ2n) is 5.10. The third kappa shape index (κ3) is 4.41. The lowest BCUT2D eigenvalue weighted by molar-refractivity contribution is -0.145. The van der Waals surface area contributed by atoms with Crippen molar-refractivity contribution < 1.29 is 34.0 Å². The van der Waals surface area contributed by atoms with Gasteiger partial charge in [-0.05, 0) is 24.3 Å². The van der Waals surface area contributed by atoms with Gasteiger partial charge in [-0.2, -0.15) is 0 Å². The van der Waals surface area contributed by atoms with Crippen LogP contribution >= 0.6 is 0 Å². The Labute approximate surface area is 144 Å². The molecule has 0 radical (unpaired) electrons. The molecule has 1 atom stereocenters. The van der Waals surface area contributed by atoms with Crippen LogP contribution in [0.3, 0.4) is 0 Å². The standard InChI is InChI=1S/C11H10O5.C7H8O2/c1-6(12)16-9-5-15-8-4-2-3-7(13)10(8)11(9)14;1-9-7-5-3-2-4-6(7)8/h2-4,9,13H,5H2,1H3;2-5,8H,1H3. The van der Waals surface area contributed by atoms with E-state index in [0.29, 0.717) is 11.5 Å². The van der Waals surface area contributed by atoms with Gasteiger partial charge in [0.2, 0.25) is 5.78 Å². The van der Waals surface area contributed by atoms with Crippen molar-refractivity contribution in [3.8, 4) is 23.0 Å². The zero-order valence-corrected chi connectivity index (χ0v) is 13.8. The van der Waals surface area contributed by atoms with E-state index < -0.39 is 17.9 Å². The summed E-state index contributed by atoms with van der Waals surface area (Å²) in [5.41, 5.74) is 0.0694. The Hall–Kier alpha value is -3.22. The maximum absolute atomic E-state index is 11.9. The van der Waals surface area contributed by atoms with Crippen LogP contribution in [0.1, 0.15) is 17.3 Å². The van der Waals surface area contributed by atoms with Crippen molar-refractivity contribution in [3.63, 3.8) is 0 Å². The van der Waals surface area contributed by atoms with E-state index >= 15 is 0 Å². The van der Waals surface area contributed by atoms with E-state index in [-0.39, 0.29) is 23.7 Å². The molecule has 7 nitrogen and oxygen atoms in total. The molecule has 0 bridgehead atoms. The van der Waals surface area contributed by atoms with Gasteiger partial charge in [0.1, 0.15) is 23.7 Å². The van der Waals surface area contributed by atoms with E-state index in [1.165, 1.54) is 20.1 Å². The molecule has 25 heavy (non-hydrogen) atoms. The number of benzene rings is 2. The largest absolute Gasteiger partial charge is 0.507 e. The maximum Gasteiger partial charge on any atom is 0.303 e. The van der Waals surface area contributed by atoms with E-state index in [1.54, 1.807) is 36.4 Å². The molecule has 0 aromatic heterocycles. The van der Waals surface area contributed by atoms with Crippen LogP contribution in [0.2, 0.25) is 0 Å². The van der Waals surface area contributed by atoms with Crippen LogP contribution in [0.5, 0.6) is 23.0 Å². The molecule has 2 aromatic rings. The van der Waals surface area contributed by atoms with E-state index in [9.17, 15) is 14.7 Å². The van der Waals surface area contributed by atoms with Gasteiger partial charge in [-0.25, -0.2) is 0 Å². The van der Waals surface area contributed by atoms with Gasteiger partial charge in [0.05, 0.1) is 7.11 Å². The highest BCUT2D eigenvalue weighted by Crippen LogP contribution is 2.32. The number of phenolic OH excluding ortho intramolecular Hbond substituents is 2. The van der Waals surface area contributed by atoms with Crippen molar-refractivity contribution in [2.75, 3.05) is 13.7 Å². The zero-order chi connectivity index (χ0) is 18.4. The molecule has 0 spiro atoms. The van der Waals surface area contributed by atoms with E-state index in [1.807, 2.05) is 0 Å². The molecule has 1 heterocycles. The molecule has 2 aromatic carbocycles. The van der Waals surface area contributed by atoms with E-state index in [2.05, 4.69) is 0 Å². The molecule has 7 heteroatoms. The highest BCUT2D eigenvalue weighted by molar-refractivity contribution is 6.05. The fourth-order valence-corrected chi connectivity index (χ4v) is 2.21. The minimum absolute atomic E-state index is 0.0190. The third-order valence-electron chi connectivity index (χ3n) is 3.33. The van der Waals surface area contributed by atoms with Gasteiger partial charge < -0.3 is 24.4 Å². The second-order valence-corrected chi connectivity index (χ2v) is 5.10. The minimum Gasteiger partial charge on any atom is -0.507 e. The molecule has 1 aliphatic heterocycles. The number of carbonyl (C=O) groups excluding carboxylic acids is 2. The van der Waals surface area contributed by atoms with Crippen molar-refractivity contribution in [2.24, 2.45) is 0 Å². The monoisotopic (exact) mass is 346 g/mol. The summed E-state index contributed by atoms with van der Waals surface area (Å²) in [6, 6.07) is 11.4. The summed E-state index contributed by atoms with van der Waals surface area (Å²) in [6.45, 7) is 1.20. The van der Waals surface area contributed by atoms with Crippen molar-refractivity contribution >= 4 is 11.8 Å². The number of ketones is 1. The van der Waals surface area contributed by atoms with Crippen LogP contribution in [-0.2, 0) is 9.53 Å². The Balaban J connectivity index is 0.000000212. The van der Waals surface area contributed by atoms with Crippen LogP contribution in [0.25, 0.3) is 0 Å². The van der Waals surface area contributed by atoms with Crippen LogP contribution in [0, 0.1) is 0 Å². The lowest BCUT2D eigenvalue weighted by Crippen LogP contribution is -2.36. The van der Waals surface area contributed by atoms with Gasteiger partial charge in [-0.1, -0.05) is 18.2 Å². The zero-order valence-electron chi connectivity index (χ0n) is 13.8. The molecule has 1 unspecified atom stereocenters. The van der Waals surface area contributed by atoms with Crippen molar-refractivity contribution in [1.29, 1.82) is 0 Å². The molecule has 1 aliphatic rings. The number of aromatic hydroxyl groups is 2. The average Bonchev–Trinajstić information content (AvgIpc) is 2.58. The van der Waals surface area contributed by atoms with Gasteiger partial charge >= 0.3 is 5.97 Å². The molecule has 0 amide bonds. The van der Waals surface area contributed by atoms with Crippen LogP contribution < -0.4 is 9.47 Å². The van der Waals surface area contributed by atoms with E-state index in [4.69, 9.17) is 19.3 Å². The average molecular weight is 346 g/mol. The Morgan fingerprint density at radius 1 is 1.12 bits per heavy atom. The molecule has 132 valence electrons. The quantitative estimate of drug-likeness (QED) is 0.804. The number of fused-ring (bicyclic) bond motifs is 1. The Kier molecular flexibility index (Phi) is 5.84. The number of methoxy groups -OCH3 is 1. The number of ether oxygens (including phenoxy) is 3. The van der Waals surface area contributed by atoms with E-state index in [0.717, 1.165) is 0 Å². The summed E-state index contributed by atoms with van der Waals surface area (Å²) >= 11 is 0. The first-order chi connectivity index (χ1) is 11.9. The van der Waals surface area contributed by atoms with Crippen LogP contribution in [0.15, 0.2) is 42.5 Å². The molecule has 2 N–H and O–H groups in total. The van der Waals surface area contributed by atoms with Crippen molar-refractivity contribution in [1.82, 2.24) is 0 Å². The van der Waals surface area contributed by atoms with Gasteiger partial charge in [0.25, 0.3) is 0 Å². The second kappa shape index (κ2) is 8.05. The SMILES string of the molecule is CC(=O)OC1COc2cccc(O)c2C1=O.COc1ccccc1O. The summed E-state index contributed by atoms with van der Waals surface area (Å²) in [5, 5.41) is 18.5. The molecule has 0 saturated heterocycles. The molecule has 0 fully saturated rings. The fourth-order valence-electron chi connectivity index (χ4n) is 2.21. The Bertz CT molecular complexity index is 770. The highest BCUT2D eigenvalue weighted by atomic mass is 16.6. The number of rotatable bonds is 2. The minimum atomic E-state index is -0.974. The molecule has 0 aliphatic carbocycles. The number of phenols is 2. The van der Waals surface area contributed by atoms with Crippen LogP contribution in [0.4, 0.5) is 0 Å².